The van der Waals surface area contributed by atoms with Crippen molar-refractivity contribution in [2.45, 2.75) is 13.8 Å². The molecule has 0 atom stereocenters. The lowest BCUT2D eigenvalue weighted by Gasteiger charge is -2.06. The van der Waals surface area contributed by atoms with Crippen LogP contribution in [0.1, 0.15) is 21.9 Å². The number of rotatable bonds is 3. The van der Waals surface area contributed by atoms with Crippen molar-refractivity contribution >= 4 is 17.5 Å². The summed E-state index contributed by atoms with van der Waals surface area (Å²) in [5, 5.41) is 11.2. The molecule has 112 valence electrons. The van der Waals surface area contributed by atoms with E-state index in [9.17, 15) is 14.9 Å². The molecular formula is C14H12N4O4. The SMILES string of the molecule is [C-]#[N+]c1c(C)nc(C)n1-c1cc(C(=O)OC)ccc1[N+](=O)[O-]. The Morgan fingerprint density at radius 2 is 2.14 bits per heavy atom. The van der Waals surface area contributed by atoms with Gasteiger partial charge in [0.2, 0.25) is 0 Å². The quantitative estimate of drug-likeness (QED) is 0.376. The molecule has 0 saturated heterocycles. The zero-order valence-corrected chi connectivity index (χ0v) is 12.2. The normalized spacial score (nSPS) is 10.1. The maximum absolute atomic E-state index is 11.6. The molecule has 0 saturated carbocycles. The third-order valence-electron chi connectivity index (χ3n) is 3.13. The molecule has 0 unspecified atom stereocenters. The van der Waals surface area contributed by atoms with E-state index in [0.29, 0.717) is 11.5 Å². The van der Waals surface area contributed by atoms with Crippen LogP contribution in [0.2, 0.25) is 0 Å². The highest BCUT2D eigenvalue weighted by molar-refractivity contribution is 5.90. The van der Waals surface area contributed by atoms with Gasteiger partial charge in [-0.15, -0.1) is 0 Å². The number of nitro benzene ring substituents is 1. The monoisotopic (exact) mass is 300 g/mol. The van der Waals surface area contributed by atoms with Crippen LogP contribution in [0.5, 0.6) is 0 Å². The van der Waals surface area contributed by atoms with Gasteiger partial charge in [0.05, 0.1) is 23.3 Å². The van der Waals surface area contributed by atoms with E-state index in [-0.39, 0.29) is 22.8 Å². The molecule has 0 aliphatic rings. The van der Waals surface area contributed by atoms with E-state index in [0.717, 1.165) is 0 Å². The van der Waals surface area contributed by atoms with E-state index >= 15 is 0 Å². The second kappa shape index (κ2) is 5.65. The third kappa shape index (κ3) is 2.40. The molecule has 8 heteroatoms. The average Bonchev–Trinajstić information content (AvgIpc) is 2.79. The molecule has 0 fully saturated rings. The van der Waals surface area contributed by atoms with Gasteiger partial charge in [0.15, 0.2) is 11.5 Å². The number of imidazole rings is 1. The molecule has 0 N–H and O–H groups in total. The lowest BCUT2D eigenvalue weighted by molar-refractivity contribution is -0.384. The largest absolute Gasteiger partial charge is 0.465 e. The molecule has 0 aliphatic carbocycles. The first kappa shape index (κ1) is 15.2. The van der Waals surface area contributed by atoms with E-state index in [1.54, 1.807) is 13.8 Å². The minimum Gasteiger partial charge on any atom is -0.465 e. The van der Waals surface area contributed by atoms with Gasteiger partial charge >= 0.3 is 11.7 Å². The highest BCUT2D eigenvalue weighted by atomic mass is 16.6. The lowest BCUT2D eigenvalue weighted by Crippen LogP contribution is -2.06. The summed E-state index contributed by atoms with van der Waals surface area (Å²) in [6, 6.07) is 3.85. The first-order valence-corrected chi connectivity index (χ1v) is 6.21. The predicted molar refractivity (Wildman–Crippen MR) is 77.3 cm³/mol. The number of methoxy groups -OCH3 is 1. The maximum atomic E-state index is 11.6. The Bertz CT molecular complexity index is 817. The molecule has 8 nitrogen and oxygen atoms in total. The Morgan fingerprint density at radius 1 is 1.45 bits per heavy atom. The van der Waals surface area contributed by atoms with Gasteiger partial charge in [-0.1, -0.05) is 6.57 Å². The van der Waals surface area contributed by atoms with E-state index in [1.807, 2.05) is 0 Å². The number of carbonyl (C=O) groups excluding carboxylic acids is 1. The van der Waals surface area contributed by atoms with E-state index < -0.39 is 10.9 Å². The lowest BCUT2D eigenvalue weighted by atomic mass is 10.1. The number of esters is 1. The fourth-order valence-corrected chi connectivity index (χ4v) is 2.18. The molecule has 2 aromatic rings. The van der Waals surface area contributed by atoms with Gasteiger partial charge < -0.3 is 9.58 Å². The highest BCUT2D eigenvalue weighted by Gasteiger charge is 2.26. The Labute approximate surface area is 125 Å². The first-order chi connectivity index (χ1) is 10.4. The zero-order chi connectivity index (χ0) is 16.4. The zero-order valence-electron chi connectivity index (χ0n) is 12.2. The van der Waals surface area contributed by atoms with Gasteiger partial charge in [-0.3, -0.25) is 10.1 Å². The van der Waals surface area contributed by atoms with Crippen LogP contribution in [0.15, 0.2) is 18.2 Å². The van der Waals surface area contributed by atoms with Crippen LogP contribution in [0.4, 0.5) is 11.5 Å². The Kier molecular flexibility index (Phi) is 3.90. The molecule has 1 aromatic carbocycles. The number of nitro groups is 1. The fraction of sp³-hybridized carbons (Fsp3) is 0.214. The standard InChI is InChI=1S/C14H12N4O4/c1-8-13(15-3)17(9(2)16-8)12-7-10(14(19)22-4)5-6-11(12)18(20)21/h5-7H,1-2,4H3. The van der Waals surface area contributed by atoms with Crippen molar-refractivity contribution in [1.29, 1.82) is 0 Å². The average molecular weight is 300 g/mol. The number of ether oxygens (including phenoxy) is 1. The number of nitrogens with zero attached hydrogens (tertiary/aromatic N) is 4. The smallest absolute Gasteiger partial charge is 0.338 e. The first-order valence-electron chi connectivity index (χ1n) is 6.21. The van der Waals surface area contributed by atoms with Gasteiger partial charge in [-0.2, -0.15) is 0 Å². The number of carbonyl (C=O) groups is 1. The van der Waals surface area contributed by atoms with Crippen LogP contribution in [0, 0.1) is 30.5 Å². The van der Waals surface area contributed by atoms with Crippen LogP contribution in [-0.2, 0) is 4.74 Å². The second-order valence-corrected chi connectivity index (χ2v) is 4.47. The summed E-state index contributed by atoms with van der Waals surface area (Å²) >= 11 is 0. The third-order valence-corrected chi connectivity index (χ3v) is 3.13. The summed E-state index contributed by atoms with van der Waals surface area (Å²) < 4.78 is 5.99. The summed E-state index contributed by atoms with van der Waals surface area (Å²) in [5.74, 6) is -0.0220. The molecule has 0 bridgehead atoms. The van der Waals surface area contributed by atoms with Gasteiger partial charge in [-0.25, -0.2) is 14.3 Å². The number of benzene rings is 1. The van der Waals surface area contributed by atoms with Crippen molar-refractivity contribution in [2.24, 2.45) is 0 Å². The molecule has 0 aliphatic heterocycles. The van der Waals surface area contributed by atoms with E-state index in [1.165, 1.54) is 29.9 Å². The van der Waals surface area contributed by atoms with Crippen molar-refractivity contribution < 1.29 is 14.5 Å². The number of aryl methyl sites for hydroxylation is 2. The van der Waals surface area contributed by atoms with Crippen LogP contribution in [0.3, 0.4) is 0 Å². The van der Waals surface area contributed by atoms with Gasteiger partial charge in [-0.05, 0) is 13.0 Å². The minimum atomic E-state index is -0.616. The summed E-state index contributed by atoms with van der Waals surface area (Å²) in [6.07, 6.45) is 0. The van der Waals surface area contributed by atoms with Crippen LogP contribution in [-0.4, -0.2) is 27.6 Å². The molecule has 1 heterocycles. The molecular weight excluding hydrogens is 288 g/mol. The Hall–Kier alpha value is -3.21. The fourth-order valence-electron chi connectivity index (χ4n) is 2.18. The Balaban J connectivity index is 2.81. The predicted octanol–water partition coefficient (Wildman–Crippen LogP) is 2.73. The summed E-state index contributed by atoms with van der Waals surface area (Å²) in [7, 11) is 1.22. The molecule has 1 aromatic heterocycles. The highest BCUT2D eigenvalue weighted by Crippen LogP contribution is 2.32. The van der Waals surface area contributed by atoms with Gasteiger partial charge in [0.1, 0.15) is 0 Å². The summed E-state index contributed by atoms with van der Waals surface area (Å²) in [6.45, 7) is 10.5. The van der Waals surface area contributed by atoms with Crippen molar-refractivity contribution in [2.75, 3.05) is 7.11 Å². The number of aromatic nitrogens is 2. The van der Waals surface area contributed by atoms with Crippen molar-refractivity contribution in [3.05, 3.63) is 56.8 Å². The molecule has 0 radical (unpaired) electrons. The molecule has 0 spiro atoms. The van der Waals surface area contributed by atoms with E-state index in [4.69, 9.17) is 6.57 Å². The van der Waals surface area contributed by atoms with Gasteiger partial charge in [0, 0.05) is 19.1 Å². The molecule has 22 heavy (non-hydrogen) atoms. The second-order valence-electron chi connectivity index (χ2n) is 4.47. The van der Waals surface area contributed by atoms with Gasteiger partial charge in [0.25, 0.3) is 5.82 Å². The summed E-state index contributed by atoms with van der Waals surface area (Å²) in [4.78, 5) is 29.9. The van der Waals surface area contributed by atoms with Crippen molar-refractivity contribution in [3.8, 4) is 5.69 Å². The number of hydrogen-bond acceptors (Lipinski definition) is 5. The minimum absolute atomic E-state index is 0.108. The van der Waals surface area contributed by atoms with Crippen LogP contribution < -0.4 is 0 Å². The molecule has 0 amide bonds. The van der Waals surface area contributed by atoms with Crippen LogP contribution >= 0.6 is 0 Å². The van der Waals surface area contributed by atoms with Crippen molar-refractivity contribution in [1.82, 2.24) is 9.55 Å². The number of hydrogen-bond donors (Lipinski definition) is 0. The molecule has 2 rings (SSSR count). The van der Waals surface area contributed by atoms with Crippen molar-refractivity contribution in [3.63, 3.8) is 0 Å². The Morgan fingerprint density at radius 3 is 2.68 bits per heavy atom. The maximum Gasteiger partial charge on any atom is 0.338 e. The van der Waals surface area contributed by atoms with E-state index in [2.05, 4.69) is 14.6 Å². The van der Waals surface area contributed by atoms with Crippen LogP contribution in [0.25, 0.3) is 10.5 Å². The summed E-state index contributed by atoms with van der Waals surface area (Å²) in [5.41, 5.74) is 0.505. The topological polar surface area (TPSA) is 91.6 Å².